The predicted molar refractivity (Wildman–Crippen MR) is 122 cm³/mol. The van der Waals surface area contributed by atoms with E-state index in [-0.39, 0.29) is 5.41 Å². The van der Waals surface area contributed by atoms with Crippen LogP contribution in [-0.4, -0.2) is 6.61 Å². The van der Waals surface area contributed by atoms with E-state index in [4.69, 9.17) is 4.74 Å². The van der Waals surface area contributed by atoms with Crippen molar-refractivity contribution in [1.29, 1.82) is 0 Å². The topological polar surface area (TPSA) is 9.23 Å². The summed E-state index contributed by atoms with van der Waals surface area (Å²) in [5, 5.41) is 0. The fourth-order valence-corrected chi connectivity index (χ4v) is 3.89. The molecule has 1 aliphatic carbocycles. The van der Waals surface area contributed by atoms with Crippen LogP contribution >= 0.6 is 0 Å². The SMILES string of the molecule is C\C=C/C(=C\C=C\C1(c2ccccc2)CCCCC1)OC/C(C=C(C)C)=C/C. The first-order valence-corrected chi connectivity index (χ1v) is 10.6. The molecule has 0 aliphatic heterocycles. The molecule has 0 atom stereocenters. The lowest BCUT2D eigenvalue weighted by Gasteiger charge is -2.35. The van der Waals surface area contributed by atoms with Gasteiger partial charge < -0.3 is 4.74 Å². The number of ether oxygens (including phenoxy) is 1. The molecule has 0 spiro atoms. The van der Waals surface area contributed by atoms with Gasteiger partial charge in [-0.2, -0.15) is 0 Å². The van der Waals surface area contributed by atoms with Gasteiger partial charge in [-0.1, -0.05) is 85.5 Å². The van der Waals surface area contributed by atoms with Gasteiger partial charge in [0.1, 0.15) is 12.4 Å². The van der Waals surface area contributed by atoms with Gasteiger partial charge in [-0.25, -0.2) is 0 Å². The Labute approximate surface area is 172 Å². The van der Waals surface area contributed by atoms with Crippen molar-refractivity contribution in [3.8, 4) is 0 Å². The van der Waals surface area contributed by atoms with Crippen molar-refractivity contribution in [3.05, 3.63) is 95.3 Å². The summed E-state index contributed by atoms with van der Waals surface area (Å²) in [4.78, 5) is 0. The molecule has 0 bridgehead atoms. The van der Waals surface area contributed by atoms with Crippen molar-refractivity contribution in [2.45, 2.75) is 65.2 Å². The summed E-state index contributed by atoms with van der Waals surface area (Å²) in [6.45, 7) is 8.91. The Kier molecular flexibility index (Phi) is 9.07. The molecule has 1 aromatic carbocycles. The minimum atomic E-state index is 0.160. The van der Waals surface area contributed by atoms with E-state index in [1.165, 1.54) is 48.8 Å². The Morgan fingerprint density at radius 2 is 1.75 bits per heavy atom. The summed E-state index contributed by atoms with van der Waals surface area (Å²) in [6.07, 6.45) is 21.5. The molecule has 1 nitrogen and oxygen atoms in total. The molecule has 0 radical (unpaired) electrons. The van der Waals surface area contributed by atoms with E-state index in [0.29, 0.717) is 6.61 Å². The van der Waals surface area contributed by atoms with E-state index in [0.717, 1.165) is 5.76 Å². The smallest absolute Gasteiger partial charge is 0.119 e. The normalized spacial score (nSPS) is 17.9. The second-order valence-electron chi connectivity index (χ2n) is 7.88. The fourth-order valence-electron chi connectivity index (χ4n) is 3.89. The largest absolute Gasteiger partial charge is 0.489 e. The third-order valence-electron chi connectivity index (χ3n) is 5.35. The Morgan fingerprint density at radius 1 is 1.04 bits per heavy atom. The average molecular weight is 377 g/mol. The van der Waals surface area contributed by atoms with Crippen LogP contribution in [-0.2, 0) is 10.2 Å². The van der Waals surface area contributed by atoms with Gasteiger partial charge in [-0.15, -0.1) is 0 Å². The Hall–Kier alpha value is -2.28. The van der Waals surface area contributed by atoms with Crippen molar-refractivity contribution < 1.29 is 4.74 Å². The van der Waals surface area contributed by atoms with Gasteiger partial charge in [0.05, 0.1) is 0 Å². The van der Waals surface area contributed by atoms with Crippen LogP contribution in [0.2, 0.25) is 0 Å². The molecular weight excluding hydrogens is 340 g/mol. The molecule has 28 heavy (non-hydrogen) atoms. The first-order valence-electron chi connectivity index (χ1n) is 10.6. The van der Waals surface area contributed by atoms with Crippen LogP contribution in [0.3, 0.4) is 0 Å². The zero-order valence-corrected chi connectivity index (χ0v) is 18.1. The van der Waals surface area contributed by atoms with Crippen LogP contribution in [0.4, 0.5) is 0 Å². The summed E-state index contributed by atoms with van der Waals surface area (Å²) in [7, 11) is 0. The lowest BCUT2D eigenvalue weighted by molar-refractivity contribution is 0.255. The lowest BCUT2D eigenvalue weighted by atomic mass is 9.69. The molecule has 0 unspecified atom stereocenters. The highest BCUT2D eigenvalue weighted by atomic mass is 16.5. The van der Waals surface area contributed by atoms with Gasteiger partial charge in [0.2, 0.25) is 0 Å². The molecule has 1 fully saturated rings. The minimum Gasteiger partial charge on any atom is -0.489 e. The van der Waals surface area contributed by atoms with Crippen molar-refractivity contribution in [3.63, 3.8) is 0 Å². The number of hydrogen-bond donors (Lipinski definition) is 0. The minimum absolute atomic E-state index is 0.160. The molecule has 0 N–H and O–H groups in total. The van der Waals surface area contributed by atoms with E-state index >= 15 is 0 Å². The number of rotatable bonds is 8. The van der Waals surface area contributed by atoms with Crippen LogP contribution < -0.4 is 0 Å². The molecule has 0 amide bonds. The lowest BCUT2D eigenvalue weighted by Crippen LogP contribution is -2.26. The van der Waals surface area contributed by atoms with Gasteiger partial charge in [0.15, 0.2) is 0 Å². The van der Waals surface area contributed by atoms with Crippen LogP contribution in [0.1, 0.15) is 65.4 Å². The fraction of sp³-hybridized carbons (Fsp3) is 0.407. The van der Waals surface area contributed by atoms with E-state index in [9.17, 15) is 0 Å². The first kappa shape index (κ1) is 22.0. The molecular formula is C27H36O. The van der Waals surface area contributed by atoms with Crippen LogP contribution in [0.25, 0.3) is 0 Å². The number of hydrogen-bond acceptors (Lipinski definition) is 1. The zero-order chi connectivity index (χ0) is 20.2. The summed E-state index contributed by atoms with van der Waals surface area (Å²) in [6, 6.07) is 11.0. The molecule has 150 valence electrons. The third kappa shape index (κ3) is 6.71. The molecule has 1 heteroatoms. The second kappa shape index (κ2) is 11.5. The maximum absolute atomic E-state index is 6.07. The molecule has 0 saturated heterocycles. The molecule has 0 heterocycles. The van der Waals surface area contributed by atoms with Gasteiger partial charge in [0, 0.05) is 5.41 Å². The summed E-state index contributed by atoms with van der Waals surface area (Å²) in [5.74, 6) is 0.902. The Balaban J connectivity index is 2.17. The van der Waals surface area contributed by atoms with E-state index < -0.39 is 0 Å². The quantitative estimate of drug-likeness (QED) is 0.332. The van der Waals surface area contributed by atoms with Crippen molar-refractivity contribution in [2.24, 2.45) is 0 Å². The van der Waals surface area contributed by atoms with E-state index in [1.54, 1.807) is 0 Å². The van der Waals surface area contributed by atoms with E-state index in [1.807, 2.05) is 19.1 Å². The second-order valence-corrected chi connectivity index (χ2v) is 7.88. The molecule has 1 aromatic rings. The maximum Gasteiger partial charge on any atom is 0.119 e. The summed E-state index contributed by atoms with van der Waals surface area (Å²) in [5.41, 5.74) is 4.09. The standard InChI is InChI=1S/C27H36O/c1-5-14-26(28-22-24(6-2)21-23(3)4)17-13-20-27(18-11-8-12-19-27)25-15-9-7-10-16-25/h5-7,9-10,13-17,20-21H,8,11-12,18-19,22H2,1-4H3/b14-5-,20-13+,24-6+,26-17+. The predicted octanol–water partition coefficient (Wildman–Crippen LogP) is 7.83. The summed E-state index contributed by atoms with van der Waals surface area (Å²) < 4.78 is 6.07. The van der Waals surface area contributed by atoms with Gasteiger partial charge in [-0.3, -0.25) is 0 Å². The van der Waals surface area contributed by atoms with Crippen molar-refractivity contribution >= 4 is 0 Å². The number of allylic oxidation sites excluding steroid dienone is 7. The monoisotopic (exact) mass is 376 g/mol. The van der Waals surface area contributed by atoms with Crippen LogP contribution in [0, 0.1) is 0 Å². The Morgan fingerprint density at radius 3 is 2.36 bits per heavy atom. The van der Waals surface area contributed by atoms with Gasteiger partial charge >= 0.3 is 0 Å². The van der Waals surface area contributed by atoms with Gasteiger partial charge in [-0.05, 0) is 63.8 Å². The van der Waals surface area contributed by atoms with Gasteiger partial charge in [0.25, 0.3) is 0 Å². The Bertz CT molecular complexity index is 734. The zero-order valence-electron chi connectivity index (χ0n) is 18.1. The maximum atomic E-state index is 6.07. The highest BCUT2D eigenvalue weighted by Gasteiger charge is 2.30. The molecule has 2 rings (SSSR count). The highest BCUT2D eigenvalue weighted by Crippen LogP contribution is 2.40. The molecule has 1 saturated carbocycles. The van der Waals surface area contributed by atoms with Crippen LogP contribution in [0.15, 0.2) is 89.8 Å². The molecule has 1 aliphatic rings. The first-order chi connectivity index (χ1) is 13.6. The van der Waals surface area contributed by atoms with Crippen LogP contribution in [0.5, 0.6) is 0 Å². The highest BCUT2D eigenvalue weighted by molar-refractivity contribution is 5.33. The van der Waals surface area contributed by atoms with Crippen molar-refractivity contribution in [2.75, 3.05) is 6.61 Å². The van der Waals surface area contributed by atoms with Crippen molar-refractivity contribution in [1.82, 2.24) is 0 Å². The number of benzene rings is 1. The molecule has 0 aromatic heterocycles. The third-order valence-corrected chi connectivity index (χ3v) is 5.35. The van der Waals surface area contributed by atoms with E-state index in [2.05, 4.69) is 81.5 Å². The summed E-state index contributed by atoms with van der Waals surface area (Å²) >= 11 is 0. The average Bonchev–Trinajstić information content (AvgIpc) is 2.72.